The summed E-state index contributed by atoms with van der Waals surface area (Å²) in [5.41, 5.74) is 6.39. The molecule has 0 saturated carbocycles. The molecule has 0 aliphatic heterocycles. The molecule has 1 aromatic heterocycles. The van der Waals surface area contributed by atoms with E-state index >= 15 is 0 Å². The van der Waals surface area contributed by atoms with Crippen LogP contribution in [-0.4, -0.2) is 5.91 Å². The van der Waals surface area contributed by atoms with E-state index in [2.05, 4.69) is 5.32 Å². The van der Waals surface area contributed by atoms with Crippen LogP contribution in [0.25, 0.3) is 11.3 Å². The summed E-state index contributed by atoms with van der Waals surface area (Å²) in [6.45, 7) is 0. The molecule has 0 atom stereocenters. The number of nitrogen functional groups attached to an aromatic ring is 1. The van der Waals surface area contributed by atoms with E-state index in [0.717, 1.165) is 6.07 Å². The molecule has 1 amide bonds. The molecule has 3 aromatic rings. The number of hydrogen-bond donors (Lipinski definition) is 2. The van der Waals surface area contributed by atoms with Crippen LogP contribution in [-0.2, 0) is 0 Å². The number of amides is 1. The average Bonchev–Trinajstić information content (AvgIpc) is 3.02. The van der Waals surface area contributed by atoms with Gasteiger partial charge in [0, 0.05) is 11.3 Å². The Balaban J connectivity index is 1.78. The Bertz CT molecular complexity index is 857. The van der Waals surface area contributed by atoms with Gasteiger partial charge in [0.05, 0.1) is 5.69 Å². The number of nitrogens with one attached hydrogen (secondary N) is 1. The monoisotopic (exact) mass is 314 g/mol. The maximum Gasteiger partial charge on any atom is 0.291 e. The lowest BCUT2D eigenvalue weighted by Crippen LogP contribution is -2.11. The zero-order valence-electron chi connectivity index (χ0n) is 11.8. The number of halogens is 2. The number of rotatable bonds is 3. The van der Waals surface area contributed by atoms with Crippen LogP contribution in [0.5, 0.6) is 0 Å². The Morgan fingerprint density at radius 1 is 1.00 bits per heavy atom. The van der Waals surface area contributed by atoms with E-state index in [9.17, 15) is 13.6 Å². The van der Waals surface area contributed by atoms with E-state index < -0.39 is 11.7 Å². The first-order valence-electron chi connectivity index (χ1n) is 6.75. The highest BCUT2D eigenvalue weighted by Gasteiger charge is 2.13. The van der Waals surface area contributed by atoms with Crippen LogP contribution in [0.4, 0.5) is 20.2 Å². The van der Waals surface area contributed by atoms with Crippen molar-refractivity contribution in [1.29, 1.82) is 0 Å². The highest BCUT2D eigenvalue weighted by molar-refractivity contribution is 6.02. The van der Waals surface area contributed by atoms with Crippen molar-refractivity contribution in [3.63, 3.8) is 0 Å². The fourth-order valence-corrected chi connectivity index (χ4v) is 2.04. The lowest BCUT2D eigenvalue weighted by molar-refractivity contribution is 0.0997. The van der Waals surface area contributed by atoms with Crippen molar-refractivity contribution in [1.82, 2.24) is 0 Å². The first-order valence-corrected chi connectivity index (χ1v) is 6.75. The Labute approximate surface area is 130 Å². The summed E-state index contributed by atoms with van der Waals surface area (Å²) in [5.74, 6) is -0.892. The Kier molecular flexibility index (Phi) is 3.80. The fraction of sp³-hybridized carbons (Fsp3) is 0. The molecule has 1 heterocycles. The van der Waals surface area contributed by atoms with Crippen molar-refractivity contribution < 1.29 is 18.0 Å². The summed E-state index contributed by atoms with van der Waals surface area (Å²) in [6, 6.07) is 12.7. The molecule has 0 bridgehead atoms. The first kappa shape index (κ1) is 14.8. The van der Waals surface area contributed by atoms with Gasteiger partial charge in [0.1, 0.15) is 17.4 Å². The summed E-state index contributed by atoms with van der Waals surface area (Å²) >= 11 is 0. The van der Waals surface area contributed by atoms with Crippen LogP contribution in [0.1, 0.15) is 10.6 Å². The van der Waals surface area contributed by atoms with Crippen molar-refractivity contribution in [2.24, 2.45) is 0 Å². The first-order chi connectivity index (χ1) is 11.0. The van der Waals surface area contributed by atoms with Gasteiger partial charge in [-0.3, -0.25) is 4.79 Å². The van der Waals surface area contributed by atoms with E-state index in [4.69, 9.17) is 10.2 Å². The van der Waals surface area contributed by atoms with Gasteiger partial charge in [-0.05, 0) is 54.6 Å². The maximum atomic E-state index is 13.1. The third-order valence-corrected chi connectivity index (χ3v) is 3.21. The number of carbonyl (C=O) groups excluding carboxylic acids is 1. The van der Waals surface area contributed by atoms with Crippen molar-refractivity contribution >= 4 is 17.3 Å². The van der Waals surface area contributed by atoms with Crippen molar-refractivity contribution in [3.05, 3.63) is 72.0 Å². The third-order valence-electron chi connectivity index (χ3n) is 3.21. The molecular weight excluding hydrogens is 302 g/mol. The standard InChI is InChI=1S/C17H12F2N2O2/c18-11-3-1-10(2-4-11)15-7-8-16(23-15)17(22)21-12-5-6-13(19)14(20)9-12/h1-9H,20H2,(H,21,22). The average molecular weight is 314 g/mol. The lowest BCUT2D eigenvalue weighted by atomic mass is 10.2. The number of hydrogen-bond acceptors (Lipinski definition) is 3. The van der Waals surface area contributed by atoms with Crippen molar-refractivity contribution in [3.8, 4) is 11.3 Å². The summed E-state index contributed by atoms with van der Waals surface area (Å²) in [5, 5.41) is 2.56. The third kappa shape index (κ3) is 3.21. The Morgan fingerprint density at radius 2 is 1.74 bits per heavy atom. The van der Waals surface area contributed by atoms with Crippen molar-refractivity contribution in [2.75, 3.05) is 11.1 Å². The van der Waals surface area contributed by atoms with Crippen molar-refractivity contribution in [2.45, 2.75) is 0 Å². The molecule has 6 heteroatoms. The van der Waals surface area contributed by atoms with Gasteiger partial charge in [-0.15, -0.1) is 0 Å². The SMILES string of the molecule is Nc1cc(NC(=O)c2ccc(-c3ccc(F)cc3)o2)ccc1F. The minimum Gasteiger partial charge on any atom is -0.451 e. The smallest absolute Gasteiger partial charge is 0.291 e. The molecule has 0 unspecified atom stereocenters. The number of carbonyl (C=O) groups is 1. The summed E-state index contributed by atoms with van der Waals surface area (Å²) < 4.78 is 31.5. The normalized spacial score (nSPS) is 10.5. The zero-order valence-corrected chi connectivity index (χ0v) is 11.8. The molecule has 3 rings (SSSR count). The van der Waals surface area contributed by atoms with Gasteiger partial charge >= 0.3 is 0 Å². The van der Waals surface area contributed by atoms with Crippen LogP contribution < -0.4 is 11.1 Å². The number of furan rings is 1. The molecule has 0 saturated heterocycles. The van der Waals surface area contributed by atoms with Gasteiger partial charge in [-0.1, -0.05) is 0 Å². The van der Waals surface area contributed by atoms with Gasteiger partial charge < -0.3 is 15.5 Å². The van der Waals surface area contributed by atoms with Gasteiger partial charge in [0.25, 0.3) is 5.91 Å². The summed E-state index contributed by atoms with van der Waals surface area (Å²) in [6.07, 6.45) is 0. The molecule has 116 valence electrons. The molecule has 4 nitrogen and oxygen atoms in total. The predicted octanol–water partition coefficient (Wildman–Crippen LogP) is 4.06. The minimum atomic E-state index is -0.556. The van der Waals surface area contributed by atoms with E-state index in [1.807, 2.05) is 0 Å². The van der Waals surface area contributed by atoms with Crippen LogP contribution in [0.2, 0.25) is 0 Å². The molecule has 2 aromatic carbocycles. The zero-order chi connectivity index (χ0) is 16.4. The van der Waals surface area contributed by atoms with Gasteiger partial charge in [0.2, 0.25) is 0 Å². The van der Waals surface area contributed by atoms with E-state index in [-0.39, 0.29) is 17.3 Å². The quantitative estimate of drug-likeness (QED) is 0.716. The molecule has 0 aliphatic rings. The lowest BCUT2D eigenvalue weighted by Gasteiger charge is -2.04. The Hall–Kier alpha value is -3.15. The van der Waals surface area contributed by atoms with E-state index in [0.29, 0.717) is 17.0 Å². The summed E-state index contributed by atoms with van der Waals surface area (Å²) in [4.78, 5) is 12.1. The minimum absolute atomic E-state index is 0.0609. The van der Waals surface area contributed by atoms with Crippen LogP contribution in [0.3, 0.4) is 0 Å². The second-order valence-corrected chi connectivity index (χ2v) is 4.86. The highest BCUT2D eigenvalue weighted by Crippen LogP contribution is 2.23. The number of benzene rings is 2. The topological polar surface area (TPSA) is 68.3 Å². The number of nitrogens with two attached hydrogens (primary N) is 1. The molecule has 23 heavy (non-hydrogen) atoms. The highest BCUT2D eigenvalue weighted by atomic mass is 19.1. The van der Waals surface area contributed by atoms with Crippen LogP contribution >= 0.6 is 0 Å². The second kappa shape index (κ2) is 5.92. The van der Waals surface area contributed by atoms with Crippen LogP contribution in [0.15, 0.2) is 59.0 Å². The number of anilines is 2. The van der Waals surface area contributed by atoms with Gasteiger partial charge in [-0.25, -0.2) is 8.78 Å². The summed E-state index contributed by atoms with van der Waals surface area (Å²) in [7, 11) is 0. The molecule has 0 radical (unpaired) electrons. The van der Waals surface area contributed by atoms with Crippen LogP contribution in [0, 0.1) is 11.6 Å². The fourth-order valence-electron chi connectivity index (χ4n) is 2.04. The van der Waals surface area contributed by atoms with Gasteiger partial charge in [0.15, 0.2) is 5.76 Å². The molecule has 0 spiro atoms. The van der Waals surface area contributed by atoms with E-state index in [1.54, 1.807) is 18.2 Å². The van der Waals surface area contributed by atoms with E-state index in [1.165, 1.54) is 30.3 Å². The van der Waals surface area contributed by atoms with Gasteiger partial charge in [-0.2, -0.15) is 0 Å². The molecule has 3 N–H and O–H groups in total. The molecular formula is C17H12F2N2O2. The maximum absolute atomic E-state index is 13.1. The largest absolute Gasteiger partial charge is 0.451 e. The predicted molar refractivity (Wildman–Crippen MR) is 82.9 cm³/mol. The second-order valence-electron chi connectivity index (χ2n) is 4.86. The Morgan fingerprint density at radius 3 is 2.43 bits per heavy atom. The molecule has 0 aliphatic carbocycles. The molecule has 0 fully saturated rings.